The Kier molecular flexibility index (Phi) is 5.63. The molecule has 1 saturated heterocycles. The Labute approximate surface area is 176 Å². The highest BCUT2D eigenvalue weighted by Gasteiger charge is 2.16. The molecule has 0 aliphatic carbocycles. The van der Waals surface area contributed by atoms with E-state index in [1.807, 2.05) is 24.3 Å². The molecule has 0 bridgehead atoms. The summed E-state index contributed by atoms with van der Waals surface area (Å²) in [4.78, 5) is 14.9. The highest BCUT2D eigenvalue weighted by molar-refractivity contribution is 6.33. The second kappa shape index (κ2) is 8.34. The number of amides is 1. The maximum absolute atomic E-state index is 12.6. The van der Waals surface area contributed by atoms with Crippen LogP contribution in [0.4, 0.5) is 11.4 Å². The second-order valence-corrected chi connectivity index (χ2v) is 8.04. The molecule has 1 N–H and O–H groups in total. The topological polar surface area (TPSA) is 45.5 Å². The van der Waals surface area contributed by atoms with Crippen LogP contribution < -0.4 is 10.2 Å². The molecular formula is C24H25ClN2O2. The number of hydrogen-bond acceptors (Lipinski definition) is 3. The van der Waals surface area contributed by atoms with Crippen molar-refractivity contribution in [1.29, 1.82) is 0 Å². The maximum Gasteiger partial charge on any atom is 0.291 e. The van der Waals surface area contributed by atoms with Gasteiger partial charge in [0.2, 0.25) is 0 Å². The average molecular weight is 409 g/mol. The molecule has 1 aliphatic heterocycles. The van der Waals surface area contributed by atoms with Gasteiger partial charge in [0, 0.05) is 24.3 Å². The van der Waals surface area contributed by atoms with E-state index in [0.29, 0.717) is 16.5 Å². The molecule has 0 spiro atoms. The highest BCUT2D eigenvalue weighted by atomic mass is 35.5. The summed E-state index contributed by atoms with van der Waals surface area (Å²) >= 11 is 6.49. The van der Waals surface area contributed by atoms with Crippen molar-refractivity contribution in [2.45, 2.75) is 33.1 Å². The van der Waals surface area contributed by atoms with Gasteiger partial charge in [0.25, 0.3) is 5.91 Å². The first-order valence-corrected chi connectivity index (χ1v) is 10.4. The molecule has 29 heavy (non-hydrogen) atoms. The van der Waals surface area contributed by atoms with E-state index in [1.54, 1.807) is 12.1 Å². The molecule has 1 amide bonds. The van der Waals surface area contributed by atoms with Gasteiger partial charge in [0.1, 0.15) is 5.76 Å². The van der Waals surface area contributed by atoms with Crippen molar-refractivity contribution in [1.82, 2.24) is 0 Å². The van der Waals surface area contributed by atoms with E-state index in [4.69, 9.17) is 16.0 Å². The predicted molar refractivity (Wildman–Crippen MR) is 119 cm³/mol. The minimum atomic E-state index is -0.290. The van der Waals surface area contributed by atoms with Gasteiger partial charge in [0.05, 0.1) is 10.7 Å². The predicted octanol–water partition coefficient (Wildman–Crippen LogP) is 6.46. The number of carbonyl (C=O) groups excluding carboxylic acids is 1. The normalized spacial score (nSPS) is 14.1. The van der Waals surface area contributed by atoms with Crippen LogP contribution >= 0.6 is 11.6 Å². The number of aryl methyl sites for hydroxylation is 2. The van der Waals surface area contributed by atoms with Gasteiger partial charge in [-0.3, -0.25) is 4.79 Å². The summed E-state index contributed by atoms with van der Waals surface area (Å²) in [7, 11) is 0. The Balaban J connectivity index is 1.47. The molecule has 150 valence electrons. The average Bonchev–Trinajstić information content (AvgIpc) is 3.21. The first kappa shape index (κ1) is 19.6. The van der Waals surface area contributed by atoms with Crippen LogP contribution in [0.1, 0.15) is 40.9 Å². The molecule has 0 radical (unpaired) electrons. The molecule has 1 fully saturated rings. The molecular weight excluding hydrogens is 384 g/mol. The van der Waals surface area contributed by atoms with Gasteiger partial charge in [0.15, 0.2) is 5.76 Å². The van der Waals surface area contributed by atoms with Gasteiger partial charge in [-0.1, -0.05) is 23.7 Å². The number of carbonyl (C=O) groups is 1. The zero-order valence-electron chi connectivity index (χ0n) is 16.8. The van der Waals surface area contributed by atoms with Gasteiger partial charge >= 0.3 is 0 Å². The van der Waals surface area contributed by atoms with Crippen LogP contribution in [-0.2, 0) is 0 Å². The van der Waals surface area contributed by atoms with Crippen LogP contribution in [0, 0.1) is 13.8 Å². The van der Waals surface area contributed by atoms with Crippen LogP contribution in [0.5, 0.6) is 0 Å². The summed E-state index contributed by atoms with van der Waals surface area (Å²) in [6.45, 7) is 6.19. The summed E-state index contributed by atoms with van der Waals surface area (Å²) in [6, 6.07) is 15.3. The summed E-state index contributed by atoms with van der Waals surface area (Å²) in [6.07, 6.45) is 3.65. The fraction of sp³-hybridized carbons (Fsp3) is 0.292. The minimum Gasteiger partial charge on any atom is -0.451 e. The van der Waals surface area contributed by atoms with E-state index in [9.17, 15) is 4.79 Å². The lowest BCUT2D eigenvalue weighted by molar-refractivity contribution is 0.0997. The summed E-state index contributed by atoms with van der Waals surface area (Å²) < 4.78 is 5.79. The quantitative estimate of drug-likeness (QED) is 0.538. The van der Waals surface area contributed by atoms with Gasteiger partial charge < -0.3 is 14.6 Å². The van der Waals surface area contributed by atoms with E-state index in [0.717, 1.165) is 24.3 Å². The number of nitrogens with zero attached hydrogens (tertiary/aromatic N) is 1. The van der Waals surface area contributed by atoms with Gasteiger partial charge in [-0.2, -0.15) is 0 Å². The first-order chi connectivity index (χ1) is 14.0. The lowest BCUT2D eigenvalue weighted by atomic mass is 10.1. The summed E-state index contributed by atoms with van der Waals surface area (Å²) in [5.41, 5.74) is 5.06. The van der Waals surface area contributed by atoms with Crippen LogP contribution in [0.3, 0.4) is 0 Å². The number of hydrogen-bond donors (Lipinski definition) is 1. The fourth-order valence-electron chi connectivity index (χ4n) is 3.68. The third-order valence-electron chi connectivity index (χ3n) is 5.52. The van der Waals surface area contributed by atoms with Crippen LogP contribution in [0.15, 0.2) is 52.9 Å². The van der Waals surface area contributed by atoms with Crippen molar-refractivity contribution in [3.8, 4) is 11.3 Å². The zero-order chi connectivity index (χ0) is 20.4. The molecule has 0 unspecified atom stereocenters. The van der Waals surface area contributed by atoms with E-state index >= 15 is 0 Å². The Bertz CT molecular complexity index is 1040. The number of halogens is 1. The van der Waals surface area contributed by atoms with Crippen molar-refractivity contribution in [2.75, 3.05) is 23.3 Å². The van der Waals surface area contributed by atoms with Gasteiger partial charge in [-0.15, -0.1) is 0 Å². The molecule has 0 atom stereocenters. The molecule has 2 aromatic carbocycles. The van der Waals surface area contributed by atoms with Gasteiger partial charge in [-0.05, 0) is 80.6 Å². The Morgan fingerprint density at radius 1 is 0.966 bits per heavy atom. The molecule has 4 nitrogen and oxygen atoms in total. The third kappa shape index (κ3) is 4.33. The first-order valence-electron chi connectivity index (χ1n) is 10.0. The molecule has 1 aliphatic rings. The molecule has 2 heterocycles. The second-order valence-electron chi connectivity index (χ2n) is 7.63. The molecule has 3 aromatic rings. The largest absolute Gasteiger partial charge is 0.451 e. The monoisotopic (exact) mass is 408 g/mol. The van der Waals surface area contributed by atoms with Crippen molar-refractivity contribution < 1.29 is 9.21 Å². The standard InChI is InChI=1S/C24H25ClN2O2/c1-16-6-7-18(14-17(16)2)22-10-11-23(29-22)24(28)26-19-8-9-21(20(25)15-19)27-12-4-3-5-13-27/h6-11,14-15H,3-5,12-13H2,1-2H3,(H,26,28). The van der Waals surface area contributed by atoms with E-state index in [2.05, 4.69) is 36.2 Å². The Morgan fingerprint density at radius 3 is 2.48 bits per heavy atom. The lowest BCUT2D eigenvalue weighted by Gasteiger charge is -2.29. The van der Waals surface area contributed by atoms with E-state index in [-0.39, 0.29) is 11.7 Å². The zero-order valence-corrected chi connectivity index (χ0v) is 17.6. The van der Waals surface area contributed by atoms with Crippen LogP contribution in [0.2, 0.25) is 5.02 Å². The fourth-order valence-corrected chi connectivity index (χ4v) is 3.98. The minimum absolute atomic E-state index is 0.273. The maximum atomic E-state index is 12.6. The summed E-state index contributed by atoms with van der Waals surface area (Å²) in [5.74, 6) is 0.660. The third-order valence-corrected chi connectivity index (χ3v) is 5.83. The van der Waals surface area contributed by atoms with E-state index in [1.165, 1.54) is 30.4 Å². The lowest BCUT2D eigenvalue weighted by Crippen LogP contribution is -2.29. The van der Waals surface area contributed by atoms with Gasteiger partial charge in [-0.25, -0.2) is 0 Å². The Morgan fingerprint density at radius 2 is 1.76 bits per heavy atom. The smallest absolute Gasteiger partial charge is 0.291 e. The van der Waals surface area contributed by atoms with Crippen molar-refractivity contribution >= 4 is 28.9 Å². The molecule has 0 saturated carbocycles. The van der Waals surface area contributed by atoms with Crippen molar-refractivity contribution in [3.63, 3.8) is 0 Å². The molecule has 1 aromatic heterocycles. The number of furan rings is 1. The van der Waals surface area contributed by atoms with Crippen LogP contribution in [-0.4, -0.2) is 19.0 Å². The number of rotatable bonds is 4. The SMILES string of the molecule is Cc1ccc(-c2ccc(C(=O)Nc3ccc(N4CCCCC4)c(Cl)c3)o2)cc1C. The summed E-state index contributed by atoms with van der Waals surface area (Å²) in [5, 5.41) is 3.53. The van der Waals surface area contributed by atoms with Crippen molar-refractivity contribution in [2.24, 2.45) is 0 Å². The number of piperidine rings is 1. The van der Waals surface area contributed by atoms with Crippen LogP contribution in [0.25, 0.3) is 11.3 Å². The van der Waals surface area contributed by atoms with E-state index < -0.39 is 0 Å². The highest BCUT2D eigenvalue weighted by Crippen LogP contribution is 2.31. The Hall–Kier alpha value is -2.72. The molecule has 4 rings (SSSR count). The number of anilines is 2. The number of benzene rings is 2. The van der Waals surface area contributed by atoms with Crippen molar-refractivity contribution in [3.05, 3.63) is 70.4 Å². The number of nitrogens with one attached hydrogen (secondary N) is 1. The molecule has 5 heteroatoms.